The Bertz CT molecular complexity index is 1920. The third kappa shape index (κ3) is 7.12. The molecule has 280 valence electrons. The van der Waals surface area contributed by atoms with Crippen molar-refractivity contribution in [3.05, 3.63) is 59.3 Å². The number of nitrogens with zero attached hydrogens (tertiary/aromatic N) is 5. The number of carbonyl (C=O) groups is 4. The largest absolute Gasteiger partial charge is 0.444 e. The molecule has 1 aliphatic carbocycles. The first-order chi connectivity index (χ1) is 24.3. The van der Waals surface area contributed by atoms with Gasteiger partial charge in [0.2, 0.25) is 5.91 Å². The van der Waals surface area contributed by atoms with E-state index in [1.165, 1.54) is 32.3 Å². The van der Waals surface area contributed by atoms with Crippen molar-refractivity contribution >= 4 is 34.6 Å². The maximum atomic E-state index is 14.7. The summed E-state index contributed by atoms with van der Waals surface area (Å²) < 4.78 is 62.4. The molecule has 3 aromatic rings. The molecule has 5 atom stereocenters. The first-order valence-corrected chi connectivity index (χ1v) is 17.7. The van der Waals surface area contributed by atoms with E-state index in [2.05, 4.69) is 4.98 Å². The summed E-state index contributed by atoms with van der Waals surface area (Å²) in [5.74, 6) is -2.22. The van der Waals surface area contributed by atoms with E-state index < -0.39 is 54.1 Å². The van der Waals surface area contributed by atoms with Gasteiger partial charge in [-0.25, -0.2) is 9.18 Å². The average Bonchev–Trinajstić information content (AvgIpc) is 3.61. The Hall–Kier alpha value is -4.49. The second-order valence-corrected chi connectivity index (χ2v) is 15.7. The Kier molecular flexibility index (Phi) is 9.67. The molecule has 3 amide bonds. The summed E-state index contributed by atoms with van der Waals surface area (Å²) in [4.78, 5) is 63.4. The Morgan fingerprint density at radius 3 is 2.40 bits per heavy atom. The number of halogens is 4. The van der Waals surface area contributed by atoms with Crippen LogP contribution in [0.15, 0.2) is 36.7 Å². The lowest BCUT2D eigenvalue weighted by atomic mass is 9.84. The number of piperidine rings is 2. The van der Waals surface area contributed by atoms with Crippen LogP contribution >= 0.6 is 0 Å². The van der Waals surface area contributed by atoms with E-state index in [0.717, 1.165) is 18.6 Å². The quantitative estimate of drug-likeness (QED) is 0.193. The molecule has 6 rings (SSSR count). The molecule has 0 N–H and O–H groups in total. The topological polar surface area (TPSA) is 105 Å². The van der Waals surface area contributed by atoms with E-state index in [1.807, 2.05) is 6.92 Å². The van der Waals surface area contributed by atoms with E-state index in [4.69, 9.17) is 4.74 Å². The molecule has 10 nitrogen and oxygen atoms in total. The van der Waals surface area contributed by atoms with Gasteiger partial charge >= 0.3 is 12.3 Å². The molecule has 0 radical (unpaired) electrons. The zero-order chi connectivity index (χ0) is 38.0. The number of hydrogen-bond donors (Lipinski definition) is 0. The van der Waals surface area contributed by atoms with Crippen LogP contribution in [-0.2, 0) is 9.53 Å². The number of fused-ring (bicyclic) bond motifs is 2. The number of pyridine rings is 1. The van der Waals surface area contributed by atoms with Crippen LogP contribution < -0.4 is 0 Å². The smallest absolute Gasteiger partial charge is 0.410 e. The molecule has 2 aliphatic heterocycles. The highest BCUT2D eigenvalue weighted by Gasteiger charge is 2.59. The highest BCUT2D eigenvalue weighted by atomic mass is 19.4. The molecule has 2 aromatic heterocycles. The van der Waals surface area contributed by atoms with Crippen molar-refractivity contribution < 1.29 is 41.5 Å². The Labute approximate surface area is 300 Å². The van der Waals surface area contributed by atoms with Crippen molar-refractivity contribution in [2.75, 3.05) is 19.6 Å². The van der Waals surface area contributed by atoms with Gasteiger partial charge in [0.1, 0.15) is 24.0 Å². The van der Waals surface area contributed by atoms with Crippen molar-refractivity contribution in [1.82, 2.24) is 24.3 Å². The van der Waals surface area contributed by atoms with Crippen molar-refractivity contribution in [1.29, 1.82) is 0 Å². The third-order valence-electron chi connectivity index (χ3n) is 10.5. The highest BCUT2D eigenvalue weighted by Crippen LogP contribution is 2.51. The number of ether oxygens (including phenoxy) is 1. The standard InChI is InChI=1S/C38H45F4N5O5/c1-20(2)46(19-38(40,41)42)34(49)28-16-25(39)8-9-29(28)47-22(4)31(26-10-12-43-17-30(26)47)33(48)23-11-13-44(21(3)14-23)35(50)32-27-15-24(27)18-45(32)36(51)52-37(5,6)7/h8-10,12,16-17,20-21,23-24,27,32H,11,13-15,18-19H2,1-7H3/t21-,23+,24+,27+,32+/m1/s1. The number of aromatic nitrogens is 2. The summed E-state index contributed by atoms with van der Waals surface area (Å²) in [6.07, 6.45) is -0.525. The first-order valence-electron chi connectivity index (χ1n) is 17.7. The normalized spacial score (nSPS) is 23.2. The maximum Gasteiger partial charge on any atom is 0.410 e. The van der Waals surface area contributed by atoms with Crippen LogP contribution in [0, 0.1) is 30.5 Å². The number of Topliss-reactive ketones (excluding diaryl/α,β-unsaturated/α-hetero) is 1. The minimum atomic E-state index is -4.68. The summed E-state index contributed by atoms with van der Waals surface area (Å²) in [6, 6.07) is 3.28. The molecule has 0 bridgehead atoms. The zero-order valence-electron chi connectivity index (χ0n) is 30.5. The molecular formula is C38H45F4N5O5. The second kappa shape index (κ2) is 13.5. The number of alkyl halides is 3. The lowest BCUT2D eigenvalue weighted by Gasteiger charge is -2.40. The van der Waals surface area contributed by atoms with Crippen molar-refractivity contribution in [2.24, 2.45) is 17.8 Å². The van der Waals surface area contributed by atoms with E-state index in [0.29, 0.717) is 53.0 Å². The summed E-state index contributed by atoms with van der Waals surface area (Å²) >= 11 is 0. The van der Waals surface area contributed by atoms with Gasteiger partial charge in [0.15, 0.2) is 5.78 Å². The number of benzene rings is 1. The Morgan fingerprint density at radius 1 is 1.06 bits per heavy atom. The average molecular weight is 728 g/mol. The minimum absolute atomic E-state index is 0.0956. The molecule has 4 heterocycles. The second-order valence-electron chi connectivity index (χ2n) is 15.7. The summed E-state index contributed by atoms with van der Waals surface area (Å²) in [5.41, 5.74) is 0.347. The Morgan fingerprint density at radius 2 is 1.77 bits per heavy atom. The van der Waals surface area contributed by atoms with Crippen LogP contribution in [0.2, 0.25) is 0 Å². The molecular weight excluding hydrogens is 682 g/mol. The third-order valence-corrected chi connectivity index (χ3v) is 10.5. The van der Waals surface area contributed by atoms with E-state index >= 15 is 0 Å². The number of likely N-dealkylation sites (tertiary alicyclic amines) is 2. The highest BCUT2D eigenvalue weighted by molar-refractivity contribution is 6.11. The van der Waals surface area contributed by atoms with Gasteiger partial charge in [-0.2, -0.15) is 13.2 Å². The molecule has 52 heavy (non-hydrogen) atoms. The van der Waals surface area contributed by atoms with Crippen molar-refractivity contribution in [3.8, 4) is 5.69 Å². The molecule has 1 aromatic carbocycles. The Balaban J connectivity index is 1.28. The zero-order valence-corrected chi connectivity index (χ0v) is 30.5. The van der Waals surface area contributed by atoms with Gasteiger partial charge in [-0.1, -0.05) is 0 Å². The molecule has 3 fully saturated rings. The van der Waals surface area contributed by atoms with Crippen molar-refractivity contribution in [2.45, 2.75) is 97.6 Å². The predicted octanol–water partition coefficient (Wildman–Crippen LogP) is 6.95. The van der Waals surface area contributed by atoms with Gasteiger partial charge in [0, 0.05) is 53.9 Å². The number of rotatable bonds is 7. The van der Waals surface area contributed by atoms with Gasteiger partial charge in [0.25, 0.3) is 5.91 Å². The number of carbonyl (C=O) groups excluding carboxylic acids is 4. The molecule has 2 saturated heterocycles. The van der Waals surface area contributed by atoms with Crippen LogP contribution in [0.4, 0.5) is 22.4 Å². The van der Waals surface area contributed by atoms with E-state index in [9.17, 15) is 36.7 Å². The minimum Gasteiger partial charge on any atom is -0.444 e. The summed E-state index contributed by atoms with van der Waals surface area (Å²) in [5, 5.41) is 0.529. The fourth-order valence-corrected chi connectivity index (χ4v) is 8.00. The molecule has 0 unspecified atom stereocenters. The van der Waals surface area contributed by atoms with Crippen LogP contribution in [0.5, 0.6) is 0 Å². The molecule has 0 spiro atoms. The van der Waals surface area contributed by atoms with Crippen LogP contribution in [0.3, 0.4) is 0 Å². The number of hydrogen-bond acceptors (Lipinski definition) is 6. The van der Waals surface area contributed by atoms with Crippen molar-refractivity contribution in [3.63, 3.8) is 0 Å². The van der Waals surface area contributed by atoms with Gasteiger partial charge in [0.05, 0.1) is 23.0 Å². The molecule has 1 saturated carbocycles. The molecule has 14 heteroatoms. The number of ketones is 1. The predicted molar refractivity (Wildman–Crippen MR) is 185 cm³/mol. The number of amides is 3. The fourth-order valence-electron chi connectivity index (χ4n) is 8.00. The molecule has 3 aliphatic rings. The van der Waals surface area contributed by atoms with E-state index in [-0.39, 0.29) is 40.8 Å². The van der Waals surface area contributed by atoms with Crippen LogP contribution in [0.25, 0.3) is 16.6 Å². The first kappa shape index (κ1) is 37.3. The van der Waals surface area contributed by atoms with Gasteiger partial charge in [-0.3, -0.25) is 24.3 Å². The maximum absolute atomic E-state index is 14.7. The van der Waals surface area contributed by atoms with Crippen LogP contribution in [0.1, 0.15) is 87.2 Å². The van der Waals surface area contributed by atoms with Gasteiger partial charge in [-0.05, 0) is 104 Å². The van der Waals surface area contributed by atoms with Gasteiger partial charge < -0.3 is 19.1 Å². The summed E-state index contributed by atoms with van der Waals surface area (Å²) in [7, 11) is 0. The lowest BCUT2D eigenvalue weighted by molar-refractivity contribution is -0.143. The SMILES string of the molecule is Cc1c(C(=O)[C@H]2CCN(C(=O)[C@@H]3[C@H]4C[C@H]4CN3C(=O)OC(C)(C)C)[C@H](C)C2)c2ccncc2n1-c1ccc(F)cc1C(=O)N(CC(F)(F)F)C(C)C. The van der Waals surface area contributed by atoms with Crippen LogP contribution in [-0.4, -0.2) is 97.5 Å². The fraction of sp³-hybridized carbons (Fsp3) is 0.553. The van der Waals surface area contributed by atoms with Gasteiger partial charge in [-0.15, -0.1) is 0 Å². The lowest BCUT2D eigenvalue weighted by Crippen LogP contribution is -2.55. The monoisotopic (exact) mass is 727 g/mol. The summed E-state index contributed by atoms with van der Waals surface area (Å²) in [6.45, 7) is 11.1. The van der Waals surface area contributed by atoms with E-state index in [1.54, 1.807) is 48.1 Å².